The lowest BCUT2D eigenvalue weighted by Crippen LogP contribution is -2.12. The van der Waals surface area contributed by atoms with Crippen molar-refractivity contribution in [1.29, 1.82) is 0 Å². The van der Waals surface area contributed by atoms with Crippen molar-refractivity contribution in [3.8, 4) is 0 Å². The fraction of sp³-hybridized carbons (Fsp3) is 0.375. The van der Waals surface area contributed by atoms with Crippen molar-refractivity contribution in [2.45, 2.75) is 13.3 Å². The quantitative estimate of drug-likeness (QED) is 0.572. The summed E-state index contributed by atoms with van der Waals surface area (Å²) in [5.74, 6) is -2.28. The van der Waals surface area contributed by atoms with Crippen molar-refractivity contribution in [2.75, 3.05) is 0 Å². The van der Waals surface area contributed by atoms with Crippen LogP contribution in [0.3, 0.4) is 0 Å². The van der Waals surface area contributed by atoms with E-state index in [4.69, 9.17) is 0 Å². The van der Waals surface area contributed by atoms with Crippen LogP contribution in [-0.4, -0.2) is 5.78 Å². The minimum Gasteiger partial charge on any atom is -0.299 e. The maximum absolute atomic E-state index is 12.7. The number of hydrogen-bond donors (Lipinski definition) is 0. The van der Waals surface area contributed by atoms with Crippen LogP contribution in [-0.2, 0) is 4.79 Å². The molecule has 0 amide bonds. The van der Waals surface area contributed by atoms with Crippen LogP contribution in [0.15, 0.2) is 23.8 Å². The predicted molar refractivity (Wildman–Crippen MR) is 37.2 cm³/mol. The fourth-order valence-electron chi connectivity index (χ4n) is 0.994. The molecule has 0 aromatic heterocycles. The Balaban J connectivity index is 2.80. The van der Waals surface area contributed by atoms with E-state index in [0.29, 0.717) is 0 Å². The Morgan fingerprint density at radius 2 is 2.27 bits per heavy atom. The Morgan fingerprint density at radius 3 is 2.73 bits per heavy atom. The minimum atomic E-state index is -0.755. The second kappa shape index (κ2) is 2.95. The molecule has 1 atom stereocenters. The zero-order chi connectivity index (χ0) is 8.43. The fourth-order valence-corrected chi connectivity index (χ4v) is 0.994. The number of hydrogen-bond acceptors (Lipinski definition) is 1. The van der Waals surface area contributed by atoms with E-state index in [1.807, 2.05) is 0 Å². The highest BCUT2D eigenvalue weighted by Gasteiger charge is 2.21. The van der Waals surface area contributed by atoms with E-state index in [9.17, 15) is 13.6 Å². The third-order valence-corrected chi connectivity index (χ3v) is 1.65. The zero-order valence-electron chi connectivity index (χ0n) is 6.10. The Hall–Kier alpha value is -0.990. The molecule has 1 unspecified atom stereocenters. The van der Waals surface area contributed by atoms with Gasteiger partial charge in [-0.15, -0.1) is 0 Å². The van der Waals surface area contributed by atoms with Crippen LogP contribution in [0.25, 0.3) is 0 Å². The van der Waals surface area contributed by atoms with Crippen LogP contribution in [0.4, 0.5) is 8.78 Å². The van der Waals surface area contributed by atoms with Gasteiger partial charge in [0.1, 0.15) is 17.4 Å². The molecule has 0 heterocycles. The molecule has 0 saturated heterocycles. The molecule has 60 valence electrons. The van der Waals surface area contributed by atoms with Crippen LogP contribution < -0.4 is 0 Å². The van der Waals surface area contributed by atoms with Gasteiger partial charge in [0.2, 0.25) is 0 Å². The number of halogens is 2. The molecule has 0 fully saturated rings. The molecule has 0 radical (unpaired) electrons. The molecule has 1 rings (SSSR count). The summed E-state index contributed by atoms with van der Waals surface area (Å²) in [6.45, 7) is 1.30. The summed E-state index contributed by atoms with van der Waals surface area (Å²) in [6, 6.07) is 0. The van der Waals surface area contributed by atoms with Gasteiger partial charge in [-0.3, -0.25) is 4.79 Å². The summed E-state index contributed by atoms with van der Waals surface area (Å²) in [4.78, 5) is 10.7. The molecule has 11 heavy (non-hydrogen) atoms. The lowest BCUT2D eigenvalue weighted by molar-refractivity contribution is -0.120. The molecule has 0 N–H and O–H groups in total. The van der Waals surface area contributed by atoms with Gasteiger partial charge in [0.05, 0.1) is 5.92 Å². The van der Waals surface area contributed by atoms with Gasteiger partial charge in [0, 0.05) is 6.08 Å². The molecule has 0 aromatic carbocycles. The molecule has 0 saturated carbocycles. The van der Waals surface area contributed by atoms with E-state index in [2.05, 4.69) is 0 Å². The van der Waals surface area contributed by atoms with Crippen LogP contribution in [0, 0.1) is 5.92 Å². The van der Waals surface area contributed by atoms with E-state index in [1.54, 1.807) is 0 Å². The summed E-state index contributed by atoms with van der Waals surface area (Å²) in [5.41, 5.74) is 0. The SMILES string of the molecule is CC(=O)C1CC=C(F)C=C1F. The number of ketones is 1. The molecule has 0 bridgehead atoms. The average molecular weight is 158 g/mol. The third kappa shape index (κ3) is 1.73. The number of Topliss-reactive ketones (excluding diaryl/α,β-unsaturated/α-hetero) is 1. The summed E-state index contributed by atoms with van der Waals surface area (Å²) >= 11 is 0. The van der Waals surface area contributed by atoms with Crippen molar-refractivity contribution in [2.24, 2.45) is 5.92 Å². The molecule has 1 aliphatic carbocycles. The minimum absolute atomic E-state index is 0.142. The van der Waals surface area contributed by atoms with Gasteiger partial charge in [0.15, 0.2) is 0 Å². The largest absolute Gasteiger partial charge is 0.299 e. The highest BCUT2D eigenvalue weighted by Crippen LogP contribution is 2.25. The first-order chi connectivity index (χ1) is 5.11. The van der Waals surface area contributed by atoms with E-state index in [-0.39, 0.29) is 12.2 Å². The molecular formula is C8H8F2O. The monoisotopic (exact) mass is 158 g/mol. The molecule has 3 heteroatoms. The lowest BCUT2D eigenvalue weighted by atomic mass is 9.95. The topological polar surface area (TPSA) is 17.1 Å². The summed E-state index contributed by atoms with van der Waals surface area (Å²) in [7, 11) is 0. The number of rotatable bonds is 1. The first-order valence-corrected chi connectivity index (χ1v) is 3.34. The zero-order valence-corrected chi connectivity index (χ0v) is 6.10. The molecule has 0 spiro atoms. The van der Waals surface area contributed by atoms with Crippen LogP contribution in [0.1, 0.15) is 13.3 Å². The standard InChI is InChI=1S/C8H8F2O/c1-5(11)7-3-2-6(9)4-8(7)10/h2,4,7H,3H2,1H3. The highest BCUT2D eigenvalue weighted by molar-refractivity contribution is 5.81. The van der Waals surface area contributed by atoms with Crippen LogP contribution in [0.2, 0.25) is 0 Å². The van der Waals surface area contributed by atoms with E-state index in [0.717, 1.165) is 6.08 Å². The van der Waals surface area contributed by atoms with Crippen molar-refractivity contribution in [3.05, 3.63) is 23.8 Å². The Kier molecular flexibility index (Phi) is 2.17. The molecule has 1 aliphatic rings. The molecule has 0 aromatic rings. The van der Waals surface area contributed by atoms with Gasteiger partial charge in [-0.05, 0) is 19.4 Å². The summed E-state index contributed by atoms with van der Waals surface area (Å²) in [6.07, 6.45) is 2.12. The van der Waals surface area contributed by atoms with Crippen molar-refractivity contribution in [1.82, 2.24) is 0 Å². The Bertz CT molecular complexity index is 240. The van der Waals surface area contributed by atoms with Crippen LogP contribution >= 0.6 is 0 Å². The maximum atomic E-state index is 12.7. The first-order valence-electron chi connectivity index (χ1n) is 3.34. The second-order valence-electron chi connectivity index (χ2n) is 2.52. The number of allylic oxidation sites excluding steroid dienone is 4. The molecule has 1 nitrogen and oxygen atoms in total. The Labute approximate surface area is 63.4 Å². The van der Waals surface area contributed by atoms with Gasteiger partial charge in [-0.25, -0.2) is 8.78 Å². The number of carbonyl (C=O) groups excluding carboxylic acids is 1. The smallest absolute Gasteiger partial charge is 0.139 e. The average Bonchev–Trinajstić information content (AvgIpc) is 1.85. The van der Waals surface area contributed by atoms with Gasteiger partial charge < -0.3 is 0 Å². The Morgan fingerprint density at radius 1 is 1.64 bits per heavy atom. The van der Waals surface area contributed by atoms with Crippen molar-refractivity contribution >= 4 is 5.78 Å². The van der Waals surface area contributed by atoms with Gasteiger partial charge in [-0.2, -0.15) is 0 Å². The first kappa shape index (κ1) is 8.11. The number of carbonyl (C=O) groups is 1. The van der Waals surface area contributed by atoms with Crippen molar-refractivity contribution < 1.29 is 13.6 Å². The van der Waals surface area contributed by atoms with E-state index < -0.39 is 17.6 Å². The van der Waals surface area contributed by atoms with E-state index >= 15 is 0 Å². The lowest BCUT2D eigenvalue weighted by Gasteiger charge is -2.11. The highest BCUT2D eigenvalue weighted by atomic mass is 19.1. The molecule has 0 aliphatic heterocycles. The van der Waals surface area contributed by atoms with Crippen molar-refractivity contribution in [3.63, 3.8) is 0 Å². The van der Waals surface area contributed by atoms with Gasteiger partial charge >= 0.3 is 0 Å². The van der Waals surface area contributed by atoms with Crippen LogP contribution in [0.5, 0.6) is 0 Å². The maximum Gasteiger partial charge on any atom is 0.139 e. The van der Waals surface area contributed by atoms with Gasteiger partial charge in [-0.1, -0.05) is 0 Å². The summed E-state index contributed by atoms with van der Waals surface area (Å²) in [5, 5.41) is 0. The molecular weight excluding hydrogens is 150 g/mol. The summed E-state index contributed by atoms with van der Waals surface area (Å²) < 4.78 is 25.0. The third-order valence-electron chi connectivity index (χ3n) is 1.65. The van der Waals surface area contributed by atoms with E-state index in [1.165, 1.54) is 13.0 Å². The second-order valence-corrected chi connectivity index (χ2v) is 2.52. The van der Waals surface area contributed by atoms with Gasteiger partial charge in [0.25, 0.3) is 0 Å². The predicted octanol–water partition coefficient (Wildman–Crippen LogP) is 2.30. The normalized spacial score (nSPS) is 24.1.